The summed E-state index contributed by atoms with van der Waals surface area (Å²) in [5.74, 6) is -0.140. The second-order valence-corrected chi connectivity index (χ2v) is 8.46. The second-order valence-electron chi connectivity index (χ2n) is 8.46. The molecule has 2 aliphatic heterocycles. The van der Waals surface area contributed by atoms with E-state index in [0.717, 1.165) is 11.3 Å². The number of amides is 2. The molecule has 0 spiro atoms. The van der Waals surface area contributed by atoms with Crippen LogP contribution in [0.2, 0.25) is 0 Å². The van der Waals surface area contributed by atoms with Gasteiger partial charge in [0.05, 0.1) is 38.7 Å². The molecule has 0 unspecified atom stereocenters. The summed E-state index contributed by atoms with van der Waals surface area (Å²) in [5.41, 5.74) is 2.99. The summed E-state index contributed by atoms with van der Waals surface area (Å²) in [5, 5.41) is 1.64. The van der Waals surface area contributed by atoms with Gasteiger partial charge in [-0.05, 0) is 48.9 Å². The van der Waals surface area contributed by atoms with Crippen LogP contribution in [0.1, 0.15) is 17.2 Å². The number of anilines is 2. The average molecular weight is 475 g/mol. The highest BCUT2D eigenvalue weighted by atomic mass is 16.7. The van der Waals surface area contributed by atoms with Crippen LogP contribution >= 0.6 is 0 Å². The predicted octanol–water partition coefficient (Wildman–Crippen LogP) is 4.07. The largest absolute Gasteiger partial charge is 0.493 e. The molecular formula is C27H26N2O6. The number of methoxy groups -OCH3 is 3. The molecule has 3 aromatic rings. The molecule has 2 heterocycles. The van der Waals surface area contributed by atoms with Gasteiger partial charge in [-0.3, -0.25) is 14.4 Å². The summed E-state index contributed by atoms with van der Waals surface area (Å²) in [6.07, 6.45) is -0.965. The van der Waals surface area contributed by atoms with E-state index in [9.17, 15) is 9.59 Å². The predicted molar refractivity (Wildman–Crippen MR) is 130 cm³/mol. The van der Waals surface area contributed by atoms with Crippen LogP contribution in [0.15, 0.2) is 66.7 Å². The summed E-state index contributed by atoms with van der Waals surface area (Å²) in [6, 6.07) is 19.7. The van der Waals surface area contributed by atoms with Crippen LogP contribution in [0, 0.1) is 12.8 Å². The lowest BCUT2D eigenvalue weighted by atomic mass is 9.90. The number of para-hydroxylation sites is 1. The van der Waals surface area contributed by atoms with Gasteiger partial charge in [0.15, 0.2) is 17.6 Å². The van der Waals surface area contributed by atoms with E-state index in [1.165, 1.54) is 26.2 Å². The topological polar surface area (TPSA) is 77.5 Å². The number of hydrogen-bond acceptors (Lipinski definition) is 7. The van der Waals surface area contributed by atoms with Crippen LogP contribution in [0.25, 0.3) is 0 Å². The van der Waals surface area contributed by atoms with E-state index in [2.05, 4.69) is 0 Å². The van der Waals surface area contributed by atoms with Crippen LogP contribution in [0.4, 0.5) is 11.4 Å². The summed E-state index contributed by atoms with van der Waals surface area (Å²) in [4.78, 5) is 34.7. The van der Waals surface area contributed by atoms with Crippen molar-refractivity contribution in [3.8, 4) is 17.2 Å². The van der Waals surface area contributed by atoms with Crippen LogP contribution in [-0.2, 0) is 14.4 Å². The third kappa shape index (κ3) is 3.66. The van der Waals surface area contributed by atoms with Gasteiger partial charge in [0.2, 0.25) is 11.7 Å². The number of ether oxygens (including phenoxy) is 3. The summed E-state index contributed by atoms with van der Waals surface area (Å²) < 4.78 is 16.6. The third-order valence-electron chi connectivity index (χ3n) is 6.45. The number of imide groups is 1. The number of hydrogen-bond donors (Lipinski definition) is 0. The molecule has 0 radical (unpaired) electrons. The molecule has 0 aromatic heterocycles. The second kappa shape index (κ2) is 8.96. The summed E-state index contributed by atoms with van der Waals surface area (Å²) in [6.45, 7) is 1.95. The van der Waals surface area contributed by atoms with Crippen molar-refractivity contribution >= 4 is 23.2 Å². The van der Waals surface area contributed by atoms with Gasteiger partial charge >= 0.3 is 0 Å². The zero-order chi connectivity index (χ0) is 24.7. The smallest absolute Gasteiger partial charge is 0.266 e. The van der Waals surface area contributed by atoms with E-state index in [-0.39, 0.29) is 11.8 Å². The molecule has 8 heteroatoms. The van der Waals surface area contributed by atoms with E-state index in [1.807, 2.05) is 49.4 Å². The highest BCUT2D eigenvalue weighted by Crippen LogP contribution is 2.50. The molecule has 0 bridgehead atoms. The molecule has 3 aromatic carbocycles. The molecule has 2 fully saturated rings. The van der Waals surface area contributed by atoms with Crippen molar-refractivity contribution in [3.05, 3.63) is 77.9 Å². The number of carbonyl (C=O) groups is 2. The molecular weight excluding hydrogens is 448 g/mol. The maximum Gasteiger partial charge on any atom is 0.266 e. The molecule has 0 saturated carbocycles. The molecule has 0 aliphatic carbocycles. The Labute approximate surface area is 203 Å². The first-order chi connectivity index (χ1) is 17.0. The molecule has 35 heavy (non-hydrogen) atoms. The Morgan fingerprint density at radius 3 is 1.97 bits per heavy atom. The van der Waals surface area contributed by atoms with Gasteiger partial charge in [-0.15, -0.1) is 0 Å². The van der Waals surface area contributed by atoms with Crippen LogP contribution in [0.3, 0.4) is 0 Å². The van der Waals surface area contributed by atoms with Crippen molar-refractivity contribution in [1.29, 1.82) is 0 Å². The van der Waals surface area contributed by atoms with E-state index in [4.69, 9.17) is 19.0 Å². The van der Waals surface area contributed by atoms with Gasteiger partial charge < -0.3 is 14.2 Å². The maximum absolute atomic E-state index is 13.8. The van der Waals surface area contributed by atoms with Gasteiger partial charge in [-0.2, -0.15) is 0 Å². The Balaban J connectivity index is 1.64. The van der Waals surface area contributed by atoms with Gasteiger partial charge in [0.25, 0.3) is 5.91 Å². The fraction of sp³-hybridized carbons (Fsp3) is 0.259. The van der Waals surface area contributed by atoms with Gasteiger partial charge in [-0.25, -0.2) is 9.96 Å². The maximum atomic E-state index is 13.8. The first kappa shape index (κ1) is 22.7. The first-order valence-electron chi connectivity index (χ1n) is 11.2. The SMILES string of the molecule is COc1cc([C@@H]2[C@@H]3C(=O)N(c4ccc(C)cc4)C(=O)[C@H]3ON2c2ccccc2)cc(OC)c1OC. The summed E-state index contributed by atoms with van der Waals surface area (Å²) in [7, 11) is 4.60. The monoisotopic (exact) mass is 474 g/mol. The third-order valence-corrected chi connectivity index (χ3v) is 6.45. The lowest BCUT2D eigenvalue weighted by Gasteiger charge is -2.29. The fourth-order valence-corrected chi connectivity index (χ4v) is 4.77. The number of benzene rings is 3. The Morgan fingerprint density at radius 2 is 1.40 bits per heavy atom. The average Bonchev–Trinajstić information content (AvgIpc) is 3.40. The van der Waals surface area contributed by atoms with E-state index >= 15 is 0 Å². The highest BCUT2D eigenvalue weighted by Gasteiger charge is 2.60. The zero-order valence-electron chi connectivity index (χ0n) is 19.9. The van der Waals surface area contributed by atoms with Crippen molar-refractivity contribution in [1.82, 2.24) is 0 Å². The molecule has 5 rings (SSSR count). The Bertz CT molecular complexity index is 1240. The Morgan fingerprint density at radius 1 is 0.771 bits per heavy atom. The minimum atomic E-state index is -0.965. The molecule has 180 valence electrons. The minimum Gasteiger partial charge on any atom is -0.493 e. The quantitative estimate of drug-likeness (QED) is 0.499. The van der Waals surface area contributed by atoms with Crippen LogP contribution < -0.4 is 24.2 Å². The zero-order valence-corrected chi connectivity index (χ0v) is 19.9. The molecule has 3 atom stereocenters. The van der Waals surface area contributed by atoms with E-state index < -0.39 is 18.1 Å². The molecule has 2 amide bonds. The standard InChI is InChI=1S/C27H26N2O6/c1-16-10-12-18(13-11-16)28-26(30)22-23(17-14-20(32-2)24(34-4)21(15-17)33-3)29(35-25(22)27(28)31)19-8-6-5-7-9-19/h5-15,22-23,25H,1-4H3/t22-,23+,25-/m0/s1. The Kier molecular flexibility index (Phi) is 5.82. The van der Waals surface area contributed by atoms with Gasteiger partial charge in [0, 0.05) is 0 Å². The van der Waals surface area contributed by atoms with Gasteiger partial charge in [-0.1, -0.05) is 35.9 Å². The van der Waals surface area contributed by atoms with E-state index in [1.54, 1.807) is 29.3 Å². The van der Waals surface area contributed by atoms with Crippen molar-refractivity contribution in [2.75, 3.05) is 31.3 Å². The number of aryl methyl sites for hydroxylation is 1. The lowest BCUT2D eigenvalue weighted by molar-refractivity contribution is -0.126. The molecule has 2 aliphatic rings. The summed E-state index contributed by atoms with van der Waals surface area (Å²) >= 11 is 0. The van der Waals surface area contributed by atoms with E-state index in [0.29, 0.717) is 28.5 Å². The number of rotatable bonds is 6. The normalized spacial score (nSPS) is 21.3. The molecule has 8 nitrogen and oxygen atoms in total. The number of fused-ring (bicyclic) bond motifs is 1. The van der Waals surface area contributed by atoms with Crippen molar-refractivity contribution in [3.63, 3.8) is 0 Å². The van der Waals surface area contributed by atoms with Crippen molar-refractivity contribution in [2.45, 2.75) is 19.1 Å². The van der Waals surface area contributed by atoms with Crippen molar-refractivity contribution in [2.24, 2.45) is 5.92 Å². The number of hydroxylamine groups is 1. The number of carbonyl (C=O) groups excluding carboxylic acids is 2. The van der Waals surface area contributed by atoms with Crippen LogP contribution in [0.5, 0.6) is 17.2 Å². The van der Waals surface area contributed by atoms with Crippen molar-refractivity contribution < 1.29 is 28.6 Å². The highest BCUT2D eigenvalue weighted by molar-refractivity contribution is 6.23. The fourth-order valence-electron chi connectivity index (χ4n) is 4.77. The molecule has 2 saturated heterocycles. The molecule has 0 N–H and O–H groups in total. The lowest BCUT2D eigenvalue weighted by Crippen LogP contribution is -2.37. The van der Waals surface area contributed by atoms with Crippen LogP contribution in [-0.4, -0.2) is 39.2 Å². The first-order valence-corrected chi connectivity index (χ1v) is 11.2. The van der Waals surface area contributed by atoms with Gasteiger partial charge in [0.1, 0.15) is 5.92 Å². The number of nitrogens with zero attached hydrogens (tertiary/aromatic N) is 2. The minimum absolute atomic E-state index is 0.318. The Hall–Kier alpha value is -4.04.